The molecule has 0 atom stereocenters. The van der Waals surface area contributed by atoms with Crippen molar-refractivity contribution in [1.82, 2.24) is 25.2 Å². The minimum Gasteiger partial charge on any atom is -0.491 e. The van der Waals surface area contributed by atoms with Crippen LogP contribution in [0.25, 0.3) is 5.65 Å². The van der Waals surface area contributed by atoms with E-state index in [-0.39, 0.29) is 6.10 Å². The minimum atomic E-state index is 0.153. The molecule has 27 heavy (non-hydrogen) atoms. The van der Waals surface area contributed by atoms with Crippen molar-refractivity contribution in [2.24, 2.45) is 4.99 Å². The topological polar surface area (TPSA) is 75.8 Å². The highest BCUT2D eigenvalue weighted by Gasteiger charge is 2.06. The molecule has 3 aromatic rings. The van der Waals surface area contributed by atoms with Crippen molar-refractivity contribution < 1.29 is 4.74 Å². The highest BCUT2D eigenvalue weighted by Crippen LogP contribution is 2.15. The van der Waals surface area contributed by atoms with Crippen LogP contribution in [0.15, 0.2) is 53.7 Å². The molecular weight excluding hydrogens is 340 g/mol. The molecular formula is C20H26N6O. The largest absolute Gasteiger partial charge is 0.491 e. The number of hydrogen-bond acceptors (Lipinski definition) is 4. The van der Waals surface area contributed by atoms with Gasteiger partial charge < -0.3 is 15.4 Å². The van der Waals surface area contributed by atoms with Gasteiger partial charge in [-0.25, -0.2) is 4.99 Å². The minimum absolute atomic E-state index is 0.153. The van der Waals surface area contributed by atoms with Crippen LogP contribution in [0, 0.1) is 0 Å². The lowest BCUT2D eigenvalue weighted by atomic mass is 10.2. The Morgan fingerprint density at radius 1 is 1.15 bits per heavy atom. The summed E-state index contributed by atoms with van der Waals surface area (Å²) in [7, 11) is 0. The van der Waals surface area contributed by atoms with Gasteiger partial charge in [0, 0.05) is 12.7 Å². The first-order valence-corrected chi connectivity index (χ1v) is 9.22. The summed E-state index contributed by atoms with van der Waals surface area (Å²) in [6.07, 6.45) is 2.11. The zero-order valence-electron chi connectivity index (χ0n) is 16.0. The van der Waals surface area contributed by atoms with E-state index in [9.17, 15) is 0 Å². The maximum Gasteiger partial charge on any atom is 0.191 e. The number of nitrogens with one attached hydrogen (secondary N) is 2. The van der Waals surface area contributed by atoms with Crippen LogP contribution in [0.3, 0.4) is 0 Å². The zero-order chi connectivity index (χ0) is 19.1. The smallest absolute Gasteiger partial charge is 0.191 e. The maximum absolute atomic E-state index is 5.75. The molecule has 2 N–H and O–H groups in total. The second-order valence-corrected chi connectivity index (χ2v) is 6.41. The van der Waals surface area contributed by atoms with Crippen molar-refractivity contribution in [3.05, 3.63) is 60.0 Å². The van der Waals surface area contributed by atoms with Crippen LogP contribution in [-0.2, 0) is 13.1 Å². The average molecular weight is 366 g/mol. The predicted octanol–water partition coefficient (Wildman–Crippen LogP) is 2.77. The van der Waals surface area contributed by atoms with E-state index in [0.717, 1.165) is 35.3 Å². The summed E-state index contributed by atoms with van der Waals surface area (Å²) in [5, 5.41) is 15.0. The van der Waals surface area contributed by atoms with Crippen LogP contribution >= 0.6 is 0 Å². The third-order valence-corrected chi connectivity index (χ3v) is 3.83. The second kappa shape index (κ2) is 9.02. The quantitative estimate of drug-likeness (QED) is 0.497. The van der Waals surface area contributed by atoms with Gasteiger partial charge in [-0.15, -0.1) is 10.2 Å². The number of guanidine groups is 1. The Labute approximate surface area is 159 Å². The first kappa shape index (κ1) is 18.7. The monoisotopic (exact) mass is 366 g/mol. The number of nitrogens with zero attached hydrogens (tertiary/aromatic N) is 4. The Morgan fingerprint density at radius 2 is 2.04 bits per heavy atom. The summed E-state index contributed by atoms with van der Waals surface area (Å²) in [6.45, 7) is 7.96. The van der Waals surface area contributed by atoms with E-state index >= 15 is 0 Å². The van der Waals surface area contributed by atoms with Gasteiger partial charge in [-0.05, 0) is 50.6 Å². The molecule has 0 amide bonds. The molecule has 3 rings (SSSR count). The lowest BCUT2D eigenvalue weighted by molar-refractivity contribution is 0.242. The molecule has 0 aliphatic carbocycles. The van der Waals surface area contributed by atoms with Gasteiger partial charge in [0.15, 0.2) is 17.4 Å². The molecule has 1 aromatic carbocycles. The number of rotatable bonds is 7. The van der Waals surface area contributed by atoms with Gasteiger partial charge in [0.05, 0.1) is 19.2 Å². The number of fused-ring (bicyclic) bond motifs is 1. The third-order valence-electron chi connectivity index (χ3n) is 3.83. The lowest BCUT2D eigenvalue weighted by Gasteiger charge is -2.12. The summed E-state index contributed by atoms with van der Waals surface area (Å²) in [4.78, 5) is 4.66. The molecule has 0 fully saturated rings. The van der Waals surface area contributed by atoms with Crippen molar-refractivity contribution in [3.8, 4) is 5.75 Å². The fraction of sp³-hybridized carbons (Fsp3) is 0.350. The summed E-state index contributed by atoms with van der Waals surface area (Å²) < 4.78 is 7.71. The molecule has 2 aromatic heterocycles. The van der Waals surface area contributed by atoms with Crippen LogP contribution in [-0.4, -0.2) is 33.2 Å². The van der Waals surface area contributed by atoms with Gasteiger partial charge in [0.1, 0.15) is 5.75 Å². The van der Waals surface area contributed by atoms with E-state index in [1.807, 2.05) is 73.8 Å². The van der Waals surface area contributed by atoms with Gasteiger partial charge in [-0.1, -0.05) is 18.2 Å². The van der Waals surface area contributed by atoms with E-state index in [1.54, 1.807) is 0 Å². The number of aromatic nitrogens is 3. The van der Waals surface area contributed by atoms with Crippen molar-refractivity contribution in [1.29, 1.82) is 0 Å². The molecule has 0 saturated carbocycles. The SMILES string of the molecule is CCNC(=NCc1cccc(OC(C)C)c1)NCc1nnc2ccccn12. The molecule has 0 aliphatic rings. The van der Waals surface area contributed by atoms with E-state index < -0.39 is 0 Å². The molecule has 7 nitrogen and oxygen atoms in total. The number of aliphatic imine (C=N–C) groups is 1. The molecule has 2 heterocycles. The van der Waals surface area contributed by atoms with Gasteiger partial charge in [0.2, 0.25) is 0 Å². The van der Waals surface area contributed by atoms with E-state index in [1.165, 1.54) is 0 Å². The summed E-state index contributed by atoms with van der Waals surface area (Å²) in [6, 6.07) is 13.9. The third kappa shape index (κ3) is 5.20. The number of ether oxygens (including phenoxy) is 1. The standard InChI is InChI=1S/C20H26N6O/c1-4-21-20(22-13-16-8-7-9-17(12-16)27-15(2)3)23-14-19-25-24-18-10-5-6-11-26(18)19/h5-12,15H,4,13-14H2,1-3H3,(H2,21,22,23). The Morgan fingerprint density at radius 3 is 2.85 bits per heavy atom. The Balaban J connectivity index is 1.66. The molecule has 0 bridgehead atoms. The van der Waals surface area contributed by atoms with E-state index in [0.29, 0.717) is 13.1 Å². The van der Waals surface area contributed by atoms with Crippen LogP contribution in [0.1, 0.15) is 32.2 Å². The van der Waals surface area contributed by atoms with Crippen molar-refractivity contribution in [3.63, 3.8) is 0 Å². The van der Waals surface area contributed by atoms with Crippen LogP contribution in [0.5, 0.6) is 5.75 Å². The van der Waals surface area contributed by atoms with Gasteiger partial charge in [-0.3, -0.25) is 4.40 Å². The Kier molecular flexibility index (Phi) is 6.25. The van der Waals surface area contributed by atoms with Gasteiger partial charge in [-0.2, -0.15) is 0 Å². The summed E-state index contributed by atoms with van der Waals surface area (Å²) in [5.41, 5.74) is 1.93. The lowest BCUT2D eigenvalue weighted by Crippen LogP contribution is -2.37. The highest BCUT2D eigenvalue weighted by atomic mass is 16.5. The first-order chi connectivity index (χ1) is 13.2. The van der Waals surface area contributed by atoms with Gasteiger partial charge >= 0.3 is 0 Å². The molecule has 0 saturated heterocycles. The number of benzene rings is 1. The van der Waals surface area contributed by atoms with Crippen LogP contribution in [0.2, 0.25) is 0 Å². The summed E-state index contributed by atoms with van der Waals surface area (Å²) >= 11 is 0. The zero-order valence-corrected chi connectivity index (χ0v) is 16.0. The van der Waals surface area contributed by atoms with Crippen molar-refractivity contribution >= 4 is 11.6 Å². The Bertz CT molecular complexity index is 902. The number of pyridine rings is 1. The summed E-state index contributed by atoms with van der Waals surface area (Å²) in [5.74, 6) is 2.44. The maximum atomic E-state index is 5.75. The van der Waals surface area contributed by atoms with E-state index in [4.69, 9.17) is 4.74 Å². The molecule has 0 radical (unpaired) electrons. The molecule has 7 heteroatoms. The fourth-order valence-corrected chi connectivity index (χ4v) is 2.68. The van der Waals surface area contributed by atoms with Crippen LogP contribution < -0.4 is 15.4 Å². The number of hydrogen-bond donors (Lipinski definition) is 2. The van der Waals surface area contributed by atoms with Gasteiger partial charge in [0.25, 0.3) is 0 Å². The average Bonchev–Trinajstić information content (AvgIpc) is 3.07. The molecule has 0 aliphatic heterocycles. The first-order valence-electron chi connectivity index (χ1n) is 9.22. The molecule has 142 valence electrons. The Hall–Kier alpha value is -3.09. The second-order valence-electron chi connectivity index (χ2n) is 6.41. The molecule has 0 spiro atoms. The highest BCUT2D eigenvalue weighted by molar-refractivity contribution is 5.79. The van der Waals surface area contributed by atoms with Crippen LogP contribution in [0.4, 0.5) is 0 Å². The fourth-order valence-electron chi connectivity index (χ4n) is 2.68. The van der Waals surface area contributed by atoms with Crippen molar-refractivity contribution in [2.75, 3.05) is 6.54 Å². The molecule has 0 unspecified atom stereocenters. The van der Waals surface area contributed by atoms with Crippen molar-refractivity contribution in [2.45, 2.75) is 40.0 Å². The normalized spacial score (nSPS) is 11.8. The van der Waals surface area contributed by atoms with E-state index in [2.05, 4.69) is 25.8 Å². The predicted molar refractivity (Wildman–Crippen MR) is 107 cm³/mol.